The maximum Gasteiger partial charge on any atom is 0.373 e. The number of aryl methyl sites for hydroxylation is 1. The number of benzene rings is 2. The minimum absolute atomic E-state index is 0.149. The molecule has 0 aliphatic rings. The molecule has 0 atom stereocenters. The first-order chi connectivity index (χ1) is 16.6. The Kier molecular flexibility index (Phi) is 7.32. The van der Waals surface area contributed by atoms with E-state index in [-0.39, 0.29) is 12.4 Å². The Hall–Kier alpha value is -4.00. The van der Waals surface area contributed by atoms with Crippen molar-refractivity contribution in [3.05, 3.63) is 77.6 Å². The van der Waals surface area contributed by atoms with Gasteiger partial charge in [-0.1, -0.05) is 24.3 Å². The lowest BCUT2D eigenvalue weighted by molar-refractivity contribution is -0.142. The van der Waals surface area contributed by atoms with Gasteiger partial charge in [-0.05, 0) is 56.7 Å². The first-order valence-electron chi connectivity index (χ1n) is 11.3. The summed E-state index contributed by atoms with van der Waals surface area (Å²) in [5, 5.41) is 0.808. The number of carbonyl (C=O) groups is 1. The average Bonchev–Trinajstić information content (AvgIpc) is 3.48. The summed E-state index contributed by atoms with van der Waals surface area (Å²) in [6, 6.07) is 15.3. The number of esters is 1. The molecule has 0 unspecified atom stereocenters. The van der Waals surface area contributed by atoms with Gasteiger partial charge in [0.1, 0.15) is 5.76 Å². The second kappa shape index (κ2) is 10.7. The molecule has 7 heteroatoms. The highest BCUT2D eigenvalue weighted by Gasteiger charge is 2.16. The van der Waals surface area contributed by atoms with E-state index >= 15 is 0 Å². The Morgan fingerprint density at radius 1 is 1.03 bits per heavy atom. The second-order valence-corrected chi connectivity index (χ2v) is 7.46. The summed E-state index contributed by atoms with van der Waals surface area (Å²) in [6.07, 6.45) is 3.84. The summed E-state index contributed by atoms with van der Waals surface area (Å²) < 4.78 is 28.1. The van der Waals surface area contributed by atoms with Gasteiger partial charge < -0.3 is 23.0 Å². The minimum atomic E-state index is -0.501. The number of hydrogen-bond acceptors (Lipinski definition) is 7. The van der Waals surface area contributed by atoms with Crippen LogP contribution in [0.4, 0.5) is 0 Å². The molecule has 7 nitrogen and oxygen atoms in total. The number of carbonyl (C=O) groups excluding carboxylic acids is 1. The van der Waals surface area contributed by atoms with Crippen LogP contribution in [0.5, 0.6) is 5.75 Å². The van der Waals surface area contributed by atoms with Gasteiger partial charge in [0.05, 0.1) is 31.8 Å². The number of fused-ring (bicyclic) bond motifs is 1. The number of furan rings is 1. The van der Waals surface area contributed by atoms with Gasteiger partial charge in [0.25, 0.3) is 0 Å². The molecule has 0 N–H and O–H groups in total. The van der Waals surface area contributed by atoms with Crippen molar-refractivity contribution >= 4 is 23.0 Å². The van der Waals surface area contributed by atoms with Crippen LogP contribution in [0.1, 0.15) is 30.9 Å². The van der Waals surface area contributed by atoms with Crippen LogP contribution in [0.15, 0.2) is 69.4 Å². The summed E-state index contributed by atoms with van der Waals surface area (Å²) in [7, 11) is 0. The number of oxazole rings is 1. The van der Waals surface area contributed by atoms with E-state index in [1.54, 1.807) is 19.3 Å². The van der Waals surface area contributed by atoms with Crippen LogP contribution in [0.25, 0.3) is 28.5 Å². The Bertz CT molecular complexity index is 1290. The van der Waals surface area contributed by atoms with E-state index in [1.807, 2.05) is 62.4 Å². The van der Waals surface area contributed by atoms with Crippen LogP contribution < -0.4 is 4.74 Å². The summed E-state index contributed by atoms with van der Waals surface area (Å²) in [5.74, 6) is 1.63. The SMILES string of the molecule is CCOC(=O)C(=Cc1ccc(OCCc2nc(-c3ccccc3)oc2C)c2occc12)OCC. The van der Waals surface area contributed by atoms with Crippen molar-refractivity contribution in [1.82, 2.24) is 4.98 Å². The van der Waals surface area contributed by atoms with Gasteiger partial charge in [0, 0.05) is 17.4 Å². The predicted molar refractivity (Wildman–Crippen MR) is 128 cm³/mol. The molecule has 34 heavy (non-hydrogen) atoms. The van der Waals surface area contributed by atoms with E-state index in [2.05, 4.69) is 4.98 Å². The molecule has 2 aromatic heterocycles. The first-order valence-corrected chi connectivity index (χ1v) is 11.3. The third kappa shape index (κ3) is 5.14. The molecule has 4 aromatic rings. The topological polar surface area (TPSA) is 83.9 Å². The van der Waals surface area contributed by atoms with Gasteiger partial charge in [-0.15, -0.1) is 0 Å². The van der Waals surface area contributed by atoms with Gasteiger partial charge >= 0.3 is 5.97 Å². The summed E-state index contributed by atoms with van der Waals surface area (Å²) >= 11 is 0. The number of ether oxygens (including phenoxy) is 3. The highest BCUT2D eigenvalue weighted by molar-refractivity contribution is 5.97. The van der Waals surface area contributed by atoms with E-state index in [0.717, 1.165) is 28.0 Å². The third-order valence-electron chi connectivity index (χ3n) is 5.19. The molecular formula is C27H27NO6. The molecule has 0 bridgehead atoms. The Morgan fingerprint density at radius 3 is 2.59 bits per heavy atom. The zero-order valence-corrected chi connectivity index (χ0v) is 19.5. The monoisotopic (exact) mass is 461 g/mol. The molecule has 2 aromatic carbocycles. The number of rotatable bonds is 10. The second-order valence-electron chi connectivity index (χ2n) is 7.46. The highest BCUT2D eigenvalue weighted by atomic mass is 16.6. The minimum Gasteiger partial charge on any atom is -0.489 e. The molecule has 0 saturated heterocycles. The number of aromatic nitrogens is 1. The zero-order chi connectivity index (χ0) is 23.9. The molecular weight excluding hydrogens is 434 g/mol. The van der Waals surface area contributed by atoms with Crippen molar-refractivity contribution in [3.8, 4) is 17.2 Å². The highest BCUT2D eigenvalue weighted by Crippen LogP contribution is 2.31. The molecule has 0 spiro atoms. The maximum absolute atomic E-state index is 12.2. The van der Waals surface area contributed by atoms with E-state index in [9.17, 15) is 4.79 Å². The van der Waals surface area contributed by atoms with E-state index in [1.165, 1.54) is 0 Å². The van der Waals surface area contributed by atoms with Crippen LogP contribution in [0.2, 0.25) is 0 Å². The molecule has 176 valence electrons. The van der Waals surface area contributed by atoms with Crippen LogP contribution in [-0.2, 0) is 20.7 Å². The Labute approximate surface area is 197 Å². The van der Waals surface area contributed by atoms with Gasteiger partial charge in [0.15, 0.2) is 11.3 Å². The van der Waals surface area contributed by atoms with Gasteiger partial charge in [-0.2, -0.15) is 0 Å². The summed E-state index contributed by atoms with van der Waals surface area (Å²) in [4.78, 5) is 16.8. The van der Waals surface area contributed by atoms with Gasteiger partial charge in [0.2, 0.25) is 11.6 Å². The fourth-order valence-corrected chi connectivity index (χ4v) is 3.58. The van der Waals surface area contributed by atoms with Crippen molar-refractivity contribution in [2.75, 3.05) is 19.8 Å². The average molecular weight is 462 g/mol. The first kappa shape index (κ1) is 23.2. The van der Waals surface area contributed by atoms with Crippen molar-refractivity contribution in [2.24, 2.45) is 0 Å². The van der Waals surface area contributed by atoms with Crippen LogP contribution in [0.3, 0.4) is 0 Å². The smallest absolute Gasteiger partial charge is 0.373 e. The van der Waals surface area contributed by atoms with Crippen LogP contribution in [0, 0.1) is 6.92 Å². The third-order valence-corrected chi connectivity index (χ3v) is 5.19. The molecule has 0 radical (unpaired) electrons. The number of nitrogens with zero attached hydrogens (tertiary/aromatic N) is 1. The Balaban J connectivity index is 1.49. The normalized spacial score (nSPS) is 11.6. The quantitative estimate of drug-likeness (QED) is 0.164. The molecule has 0 saturated carbocycles. The molecule has 0 aliphatic heterocycles. The van der Waals surface area contributed by atoms with Crippen LogP contribution >= 0.6 is 0 Å². The largest absolute Gasteiger partial charge is 0.489 e. The fourth-order valence-electron chi connectivity index (χ4n) is 3.58. The Morgan fingerprint density at radius 2 is 1.82 bits per heavy atom. The standard InChI is InChI=1S/C27H27NO6/c1-4-30-24(27(29)31-5-2)17-20-11-12-23(25-21(20)13-15-33-25)32-16-14-22-18(3)34-26(28-22)19-9-7-6-8-10-19/h6-13,15,17H,4-5,14,16H2,1-3H3. The van der Waals surface area contributed by atoms with E-state index < -0.39 is 5.97 Å². The lowest BCUT2D eigenvalue weighted by atomic mass is 10.1. The molecule has 0 fully saturated rings. The fraction of sp³-hybridized carbons (Fsp3) is 0.259. The van der Waals surface area contributed by atoms with Crippen molar-refractivity contribution < 1.29 is 27.8 Å². The molecule has 0 aliphatic carbocycles. The summed E-state index contributed by atoms with van der Waals surface area (Å²) in [5.41, 5.74) is 3.15. The molecule has 4 rings (SSSR count). The van der Waals surface area contributed by atoms with Crippen LogP contribution in [-0.4, -0.2) is 30.8 Å². The van der Waals surface area contributed by atoms with E-state index in [4.69, 9.17) is 23.0 Å². The molecule has 2 heterocycles. The zero-order valence-electron chi connectivity index (χ0n) is 19.5. The maximum atomic E-state index is 12.2. The predicted octanol–water partition coefficient (Wildman–Crippen LogP) is 5.96. The van der Waals surface area contributed by atoms with E-state index in [0.29, 0.717) is 36.9 Å². The lowest BCUT2D eigenvalue weighted by Gasteiger charge is -2.10. The van der Waals surface area contributed by atoms with Crippen molar-refractivity contribution in [1.29, 1.82) is 0 Å². The number of hydrogen-bond donors (Lipinski definition) is 0. The molecule has 0 amide bonds. The van der Waals surface area contributed by atoms with Gasteiger partial charge in [-0.25, -0.2) is 9.78 Å². The lowest BCUT2D eigenvalue weighted by Crippen LogP contribution is -2.10. The van der Waals surface area contributed by atoms with Crippen molar-refractivity contribution in [3.63, 3.8) is 0 Å². The summed E-state index contributed by atoms with van der Waals surface area (Å²) in [6.45, 7) is 6.50. The van der Waals surface area contributed by atoms with Gasteiger partial charge in [-0.3, -0.25) is 0 Å². The van der Waals surface area contributed by atoms with Crippen molar-refractivity contribution in [2.45, 2.75) is 27.2 Å².